The Hall–Kier alpha value is -0.940. The maximum Gasteiger partial charge on any atom is 0.118 e. The lowest BCUT2D eigenvalue weighted by Crippen LogP contribution is -1.82. The molecular weight excluding hydrogens is 264 g/mol. The molecule has 0 heterocycles. The average molecular weight is 281 g/mol. The smallest absolute Gasteiger partial charge is 0.118 e. The largest absolute Gasteiger partial charge is 0.497 e. The number of hydrogen-bond acceptors (Lipinski definition) is 1. The summed E-state index contributed by atoms with van der Waals surface area (Å²) >= 11 is 3.42. The van der Waals surface area contributed by atoms with E-state index in [-0.39, 0.29) is 0 Å². The molecule has 0 saturated carbocycles. The summed E-state index contributed by atoms with van der Waals surface area (Å²) in [7, 11) is 1.67. The lowest BCUT2D eigenvalue weighted by Gasteiger charge is -1.97. The van der Waals surface area contributed by atoms with E-state index in [1.54, 1.807) is 7.11 Å². The van der Waals surface area contributed by atoms with Crippen molar-refractivity contribution in [3.05, 3.63) is 29.8 Å². The minimum atomic E-state index is 0.878. The Morgan fingerprint density at radius 3 is 2.50 bits per heavy atom. The number of methoxy groups -OCH3 is 1. The molecule has 1 aromatic rings. The van der Waals surface area contributed by atoms with Gasteiger partial charge in [0.1, 0.15) is 5.75 Å². The van der Waals surface area contributed by atoms with Crippen LogP contribution in [0.3, 0.4) is 0 Å². The standard InChI is InChI=1S/C14H17BrO/c1-16-14-10-8-13(9-11-14)7-5-3-2-4-6-12-15/h8-11H,2-4,6,12H2,1H3. The van der Waals surface area contributed by atoms with E-state index in [9.17, 15) is 0 Å². The van der Waals surface area contributed by atoms with Gasteiger partial charge in [0.25, 0.3) is 0 Å². The summed E-state index contributed by atoms with van der Waals surface area (Å²) in [5.74, 6) is 7.23. The van der Waals surface area contributed by atoms with E-state index in [0.717, 1.165) is 23.1 Å². The first-order chi connectivity index (χ1) is 7.86. The molecule has 0 unspecified atom stereocenters. The third-order valence-corrected chi connectivity index (χ3v) is 2.82. The Labute approximate surface area is 106 Å². The molecule has 0 aliphatic rings. The zero-order valence-corrected chi connectivity index (χ0v) is 11.2. The summed E-state index contributed by atoms with van der Waals surface area (Å²) < 4.78 is 5.09. The van der Waals surface area contributed by atoms with Crippen molar-refractivity contribution in [3.8, 4) is 17.6 Å². The maximum atomic E-state index is 5.09. The maximum absolute atomic E-state index is 5.09. The van der Waals surface area contributed by atoms with E-state index in [2.05, 4.69) is 27.8 Å². The normalized spacial score (nSPS) is 9.38. The van der Waals surface area contributed by atoms with Crippen LogP contribution in [0.5, 0.6) is 5.75 Å². The first kappa shape index (κ1) is 13.1. The highest BCUT2D eigenvalue weighted by Gasteiger charge is 1.89. The van der Waals surface area contributed by atoms with Crippen LogP contribution in [-0.4, -0.2) is 12.4 Å². The highest BCUT2D eigenvalue weighted by Crippen LogP contribution is 2.10. The van der Waals surface area contributed by atoms with Crippen molar-refractivity contribution in [2.24, 2.45) is 0 Å². The highest BCUT2D eigenvalue weighted by molar-refractivity contribution is 9.09. The molecule has 16 heavy (non-hydrogen) atoms. The van der Waals surface area contributed by atoms with Crippen LogP contribution in [0.1, 0.15) is 31.2 Å². The summed E-state index contributed by atoms with van der Waals surface area (Å²) in [5.41, 5.74) is 1.06. The van der Waals surface area contributed by atoms with Crippen molar-refractivity contribution in [1.29, 1.82) is 0 Å². The second kappa shape index (κ2) is 8.24. The molecule has 0 aromatic heterocycles. The predicted octanol–water partition coefficient (Wildman–Crippen LogP) is 4.00. The molecule has 0 aliphatic heterocycles. The van der Waals surface area contributed by atoms with Crippen LogP contribution < -0.4 is 4.74 Å². The molecule has 1 aromatic carbocycles. The molecule has 0 aliphatic carbocycles. The zero-order valence-electron chi connectivity index (χ0n) is 9.63. The van der Waals surface area contributed by atoms with Crippen LogP contribution in [0, 0.1) is 11.8 Å². The summed E-state index contributed by atoms with van der Waals surface area (Å²) in [4.78, 5) is 0. The minimum absolute atomic E-state index is 0.878. The van der Waals surface area contributed by atoms with Crippen molar-refractivity contribution in [2.75, 3.05) is 12.4 Å². The van der Waals surface area contributed by atoms with Crippen LogP contribution in [0.4, 0.5) is 0 Å². The molecular formula is C14H17BrO. The van der Waals surface area contributed by atoms with Gasteiger partial charge in [-0.2, -0.15) is 0 Å². The lowest BCUT2D eigenvalue weighted by atomic mass is 10.2. The number of rotatable bonds is 5. The Morgan fingerprint density at radius 1 is 1.12 bits per heavy atom. The fourth-order valence-electron chi connectivity index (χ4n) is 1.32. The number of benzene rings is 1. The van der Waals surface area contributed by atoms with Gasteiger partial charge in [-0.15, -0.1) is 0 Å². The molecule has 86 valence electrons. The van der Waals surface area contributed by atoms with Crippen molar-refractivity contribution in [2.45, 2.75) is 25.7 Å². The Kier molecular flexibility index (Phi) is 6.76. The number of unbranched alkanes of at least 4 members (excludes halogenated alkanes) is 3. The van der Waals surface area contributed by atoms with Crippen molar-refractivity contribution in [3.63, 3.8) is 0 Å². The van der Waals surface area contributed by atoms with Crippen LogP contribution >= 0.6 is 15.9 Å². The van der Waals surface area contributed by atoms with E-state index in [1.807, 2.05) is 24.3 Å². The lowest BCUT2D eigenvalue weighted by molar-refractivity contribution is 0.415. The summed E-state index contributed by atoms with van der Waals surface area (Å²) in [6.45, 7) is 0. The molecule has 1 nitrogen and oxygen atoms in total. The topological polar surface area (TPSA) is 9.23 Å². The first-order valence-corrected chi connectivity index (χ1v) is 6.68. The number of ether oxygens (including phenoxy) is 1. The quantitative estimate of drug-likeness (QED) is 0.450. The fraction of sp³-hybridized carbons (Fsp3) is 0.429. The van der Waals surface area contributed by atoms with E-state index < -0.39 is 0 Å². The third kappa shape index (κ3) is 5.23. The van der Waals surface area contributed by atoms with E-state index in [4.69, 9.17) is 4.74 Å². The van der Waals surface area contributed by atoms with Gasteiger partial charge in [0.2, 0.25) is 0 Å². The number of alkyl halides is 1. The second-order valence-corrected chi connectivity index (χ2v) is 4.32. The predicted molar refractivity (Wildman–Crippen MR) is 72.1 cm³/mol. The molecule has 1 rings (SSSR count). The molecule has 0 atom stereocenters. The molecule has 0 fully saturated rings. The van der Waals surface area contributed by atoms with Gasteiger partial charge in [0, 0.05) is 17.3 Å². The Morgan fingerprint density at radius 2 is 1.88 bits per heavy atom. The summed E-state index contributed by atoms with van der Waals surface area (Å²) in [5, 5.41) is 1.10. The van der Waals surface area contributed by atoms with Gasteiger partial charge in [-0.1, -0.05) is 34.2 Å². The monoisotopic (exact) mass is 280 g/mol. The van der Waals surface area contributed by atoms with Gasteiger partial charge in [0.05, 0.1) is 7.11 Å². The van der Waals surface area contributed by atoms with E-state index in [0.29, 0.717) is 0 Å². The molecule has 0 spiro atoms. The average Bonchev–Trinajstić information content (AvgIpc) is 2.34. The van der Waals surface area contributed by atoms with Crippen LogP contribution in [0.25, 0.3) is 0 Å². The van der Waals surface area contributed by atoms with Gasteiger partial charge in [0.15, 0.2) is 0 Å². The second-order valence-electron chi connectivity index (χ2n) is 3.53. The molecule has 0 saturated heterocycles. The zero-order chi connectivity index (χ0) is 11.6. The van der Waals surface area contributed by atoms with E-state index in [1.165, 1.54) is 19.3 Å². The van der Waals surface area contributed by atoms with Gasteiger partial charge in [-0.3, -0.25) is 0 Å². The number of halogens is 1. The Balaban J connectivity index is 2.32. The van der Waals surface area contributed by atoms with E-state index >= 15 is 0 Å². The SMILES string of the molecule is COc1ccc(C#CCCCCCBr)cc1. The van der Waals surface area contributed by atoms with Gasteiger partial charge in [-0.05, 0) is 37.1 Å². The molecule has 0 radical (unpaired) electrons. The molecule has 2 heteroatoms. The highest BCUT2D eigenvalue weighted by atomic mass is 79.9. The van der Waals surface area contributed by atoms with Crippen LogP contribution in [-0.2, 0) is 0 Å². The molecule has 0 bridgehead atoms. The Bertz CT molecular complexity index is 345. The molecule has 0 N–H and O–H groups in total. The third-order valence-electron chi connectivity index (χ3n) is 2.26. The van der Waals surface area contributed by atoms with Crippen molar-refractivity contribution < 1.29 is 4.74 Å². The molecule has 0 amide bonds. The summed E-state index contributed by atoms with van der Waals surface area (Å²) in [6.07, 6.45) is 4.67. The van der Waals surface area contributed by atoms with Gasteiger partial charge >= 0.3 is 0 Å². The first-order valence-electron chi connectivity index (χ1n) is 5.55. The van der Waals surface area contributed by atoms with Crippen LogP contribution in [0.2, 0.25) is 0 Å². The fourth-order valence-corrected chi connectivity index (χ4v) is 1.72. The van der Waals surface area contributed by atoms with Gasteiger partial charge < -0.3 is 4.74 Å². The van der Waals surface area contributed by atoms with Crippen molar-refractivity contribution in [1.82, 2.24) is 0 Å². The van der Waals surface area contributed by atoms with Crippen molar-refractivity contribution >= 4 is 15.9 Å². The van der Waals surface area contributed by atoms with Crippen LogP contribution in [0.15, 0.2) is 24.3 Å². The number of hydrogen-bond donors (Lipinski definition) is 0. The van der Waals surface area contributed by atoms with Gasteiger partial charge in [-0.25, -0.2) is 0 Å². The minimum Gasteiger partial charge on any atom is -0.497 e. The summed E-state index contributed by atoms with van der Waals surface area (Å²) in [6, 6.07) is 7.86.